The predicted octanol–water partition coefficient (Wildman–Crippen LogP) is 3.73. The first-order chi connectivity index (χ1) is 12.6. The van der Waals surface area contributed by atoms with Crippen molar-refractivity contribution in [3.8, 4) is 17.1 Å². The molecule has 1 aliphatic heterocycles. The van der Waals surface area contributed by atoms with Crippen molar-refractivity contribution in [1.29, 1.82) is 0 Å². The van der Waals surface area contributed by atoms with E-state index in [-0.39, 0.29) is 17.7 Å². The van der Waals surface area contributed by atoms with Gasteiger partial charge in [0.25, 0.3) is 5.91 Å². The summed E-state index contributed by atoms with van der Waals surface area (Å²) < 4.78 is 5.46. The predicted molar refractivity (Wildman–Crippen MR) is 95.6 cm³/mol. The highest BCUT2D eigenvalue weighted by Crippen LogP contribution is 2.34. The Morgan fingerprint density at radius 2 is 2.04 bits per heavy atom. The molecule has 1 aromatic heterocycles. The van der Waals surface area contributed by atoms with Crippen LogP contribution in [0.1, 0.15) is 40.7 Å². The molecule has 132 valence electrons. The van der Waals surface area contributed by atoms with Crippen LogP contribution >= 0.6 is 0 Å². The number of carbonyl (C=O) groups is 1. The Kier molecular flexibility index (Phi) is 4.16. The van der Waals surface area contributed by atoms with Crippen molar-refractivity contribution in [2.75, 3.05) is 6.54 Å². The summed E-state index contributed by atoms with van der Waals surface area (Å²) in [4.78, 5) is 19.2. The van der Waals surface area contributed by atoms with Gasteiger partial charge >= 0.3 is 0 Å². The molecule has 0 bridgehead atoms. The second-order valence-corrected chi connectivity index (χ2v) is 6.50. The van der Waals surface area contributed by atoms with Gasteiger partial charge in [-0.3, -0.25) is 4.79 Å². The minimum absolute atomic E-state index is 0.0123. The lowest BCUT2D eigenvalue weighted by atomic mass is 10.1. The minimum atomic E-state index is -0.271. The van der Waals surface area contributed by atoms with E-state index in [0.717, 1.165) is 24.0 Å². The summed E-state index contributed by atoms with van der Waals surface area (Å²) in [5.41, 5.74) is 2.10. The summed E-state index contributed by atoms with van der Waals surface area (Å²) in [6, 6.07) is 14.3. The van der Waals surface area contributed by atoms with Gasteiger partial charge in [-0.2, -0.15) is 4.98 Å². The van der Waals surface area contributed by atoms with Crippen molar-refractivity contribution in [1.82, 2.24) is 15.0 Å². The highest BCUT2D eigenvalue weighted by atomic mass is 16.5. The fourth-order valence-electron chi connectivity index (χ4n) is 3.32. The molecule has 0 radical (unpaired) electrons. The Bertz CT molecular complexity index is 936. The maximum Gasteiger partial charge on any atom is 0.258 e. The number of nitrogens with zero attached hydrogens (tertiary/aromatic N) is 3. The van der Waals surface area contributed by atoms with E-state index in [2.05, 4.69) is 10.1 Å². The molecular formula is C20H19N3O3. The quantitative estimate of drug-likeness (QED) is 0.779. The number of hydrogen-bond acceptors (Lipinski definition) is 5. The molecule has 1 aliphatic rings. The van der Waals surface area contributed by atoms with Crippen LogP contribution in [0.4, 0.5) is 0 Å². The molecule has 0 aliphatic carbocycles. The molecule has 6 nitrogen and oxygen atoms in total. The van der Waals surface area contributed by atoms with Crippen molar-refractivity contribution in [2.24, 2.45) is 0 Å². The topological polar surface area (TPSA) is 79.5 Å². The number of aromatic hydroxyl groups is 1. The molecule has 1 saturated heterocycles. The van der Waals surface area contributed by atoms with Gasteiger partial charge in [-0.05, 0) is 31.9 Å². The van der Waals surface area contributed by atoms with Gasteiger partial charge < -0.3 is 14.5 Å². The number of phenolic OH excluding ortho intramolecular Hbond substituents is 1. The molecule has 0 spiro atoms. The minimum Gasteiger partial charge on any atom is -0.507 e. The average Bonchev–Trinajstić information content (AvgIpc) is 3.33. The van der Waals surface area contributed by atoms with E-state index >= 15 is 0 Å². The fourth-order valence-corrected chi connectivity index (χ4v) is 3.32. The summed E-state index contributed by atoms with van der Waals surface area (Å²) in [7, 11) is 0. The lowest BCUT2D eigenvalue weighted by Gasteiger charge is -2.22. The van der Waals surface area contributed by atoms with Gasteiger partial charge in [0.2, 0.25) is 11.7 Å². The first-order valence-electron chi connectivity index (χ1n) is 8.63. The summed E-state index contributed by atoms with van der Waals surface area (Å²) in [6.07, 6.45) is 1.61. The molecule has 0 saturated carbocycles. The van der Waals surface area contributed by atoms with Crippen molar-refractivity contribution < 1.29 is 14.4 Å². The first kappa shape index (κ1) is 16.3. The molecule has 6 heteroatoms. The van der Waals surface area contributed by atoms with Crippen LogP contribution in [-0.2, 0) is 0 Å². The molecule has 1 fully saturated rings. The third-order valence-corrected chi connectivity index (χ3v) is 4.65. The highest BCUT2D eigenvalue weighted by Gasteiger charge is 2.35. The number of hydrogen-bond donors (Lipinski definition) is 1. The smallest absolute Gasteiger partial charge is 0.258 e. The molecular weight excluding hydrogens is 330 g/mol. The standard InChI is InChI=1S/C20H19N3O3/c1-13-9-10-17(24)15(12-13)20(25)23-11-5-8-16(23)19-21-18(22-26-19)14-6-3-2-4-7-14/h2-4,6-7,9-10,12,16,24H,5,8,11H2,1H3. The Hall–Kier alpha value is -3.15. The molecule has 1 atom stereocenters. The van der Waals surface area contributed by atoms with E-state index in [1.165, 1.54) is 0 Å². The Balaban J connectivity index is 1.62. The van der Waals surface area contributed by atoms with Crippen LogP contribution in [0.5, 0.6) is 5.75 Å². The van der Waals surface area contributed by atoms with Gasteiger partial charge in [0.05, 0.1) is 5.56 Å². The van der Waals surface area contributed by atoms with Gasteiger partial charge in [-0.25, -0.2) is 0 Å². The second-order valence-electron chi connectivity index (χ2n) is 6.50. The lowest BCUT2D eigenvalue weighted by molar-refractivity contribution is 0.0707. The first-order valence-corrected chi connectivity index (χ1v) is 8.63. The number of rotatable bonds is 3. The SMILES string of the molecule is Cc1ccc(O)c(C(=O)N2CCCC2c2nc(-c3ccccc3)no2)c1. The van der Waals surface area contributed by atoms with Gasteiger partial charge in [-0.15, -0.1) is 0 Å². The van der Waals surface area contributed by atoms with E-state index in [4.69, 9.17) is 4.52 Å². The van der Waals surface area contributed by atoms with Crippen LogP contribution in [0.2, 0.25) is 0 Å². The Morgan fingerprint density at radius 3 is 2.85 bits per heavy atom. The van der Waals surface area contributed by atoms with Crippen molar-refractivity contribution >= 4 is 5.91 Å². The van der Waals surface area contributed by atoms with Crippen molar-refractivity contribution in [3.05, 3.63) is 65.5 Å². The van der Waals surface area contributed by atoms with E-state index < -0.39 is 0 Å². The maximum atomic E-state index is 13.0. The number of likely N-dealkylation sites (tertiary alicyclic amines) is 1. The largest absolute Gasteiger partial charge is 0.507 e. The normalized spacial score (nSPS) is 16.8. The van der Waals surface area contributed by atoms with E-state index in [1.54, 1.807) is 23.1 Å². The summed E-state index contributed by atoms with van der Waals surface area (Å²) in [5.74, 6) is 0.718. The number of benzene rings is 2. The van der Waals surface area contributed by atoms with Crippen molar-refractivity contribution in [2.45, 2.75) is 25.8 Å². The van der Waals surface area contributed by atoms with Gasteiger partial charge in [-0.1, -0.05) is 47.1 Å². The van der Waals surface area contributed by atoms with Crippen molar-refractivity contribution in [3.63, 3.8) is 0 Å². The third-order valence-electron chi connectivity index (χ3n) is 4.65. The van der Waals surface area contributed by atoms with Gasteiger partial charge in [0.1, 0.15) is 11.8 Å². The zero-order valence-electron chi connectivity index (χ0n) is 14.4. The highest BCUT2D eigenvalue weighted by molar-refractivity contribution is 5.97. The molecule has 2 heterocycles. The number of carbonyl (C=O) groups excluding carboxylic acids is 1. The van der Waals surface area contributed by atoms with E-state index in [1.807, 2.05) is 37.3 Å². The number of aryl methyl sites for hydroxylation is 1. The number of phenols is 1. The van der Waals surface area contributed by atoms with Crippen LogP contribution in [0.25, 0.3) is 11.4 Å². The molecule has 26 heavy (non-hydrogen) atoms. The van der Waals surface area contributed by atoms with Gasteiger partial charge in [0.15, 0.2) is 0 Å². The zero-order valence-corrected chi connectivity index (χ0v) is 14.4. The summed E-state index contributed by atoms with van der Waals surface area (Å²) in [5, 5.41) is 14.1. The Labute approximate surface area is 151 Å². The van der Waals surface area contributed by atoms with Crippen LogP contribution < -0.4 is 0 Å². The third kappa shape index (κ3) is 2.94. The van der Waals surface area contributed by atoms with E-state index in [9.17, 15) is 9.90 Å². The molecule has 1 amide bonds. The summed E-state index contributed by atoms with van der Waals surface area (Å²) >= 11 is 0. The lowest BCUT2D eigenvalue weighted by Crippen LogP contribution is -2.30. The zero-order chi connectivity index (χ0) is 18.1. The van der Waals surface area contributed by atoms with Crippen LogP contribution in [0.3, 0.4) is 0 Å². The molecule has 3 aromatic rings. The van der Waals surface area contributed by atoms with E-state index in [0.29, 0.717) is 23.8 Å². The molecule has 1 unspecified atom stereocenters. The van der Waals surface area contributed by atoms with Crippen LogP contribution in [0, 0.1) is 6.92 Å². The maximum absolute atomic E-state index is 13.0. The number of aromatic nitrogens is 2. The second kappa shape index (κ2) is 6.63. The van der Waals surface area contributed by atoms with Gasteiger partial charge in [0, 0.05) is 12.1 Å². The average molecular weight is 349 g/mol. The molecule has 4 rings (SSSR count). The summed E-state index contributed by atoms with van der Waals surface area (Å²) in [6.45, 7) is 2.49. The fraction of sp³-hybridized carbons (Fsp3) is 0.250. The molecule has 1 N–H and O–H groups in total. The monoisotopic (exact) mass is 349 g/mol. The molecule has 2 aromatic carbocycles. The van der Waals surface area contributed by atoms with Crippen LogP contribution in [-0.4, -0.2) is 32.6 Å². The van der Waals surface area contributed by atoms with Crippen LogP contribution in [0.15, 0.2) is 53.1 Å². The number of amides is 1. The Morgan fingerprint density at radius 1 is 1.23 bits per heavy atom.